The number of nitrogens with zero attached hydrogens (tertiary/aromatic N) is 4. The van der Waals surface area contributed by atoms with Gasteiger partial charge in [0.1, 0.15) is 5.75 Å². The van der Waals surface area contributed by atoms with Gasteiger partial charge in [-0.2, -0.15) is 15.4 Å². The van der Waals surface area contributed by atoms with Gasteiger partial charge in [-0.25, -0.2) is 0 Å². The lowest BCUT2D eigenvalue weighted by Gasteiger charge is -2.21. The van der Waals surface area contributed by atoms with Crippen LogP contribution in [-0.2, 0) is 16.0 Å². The lowest BCUT2D eigenvalue weighted by atomic mass is 9.92. The average molecular weight is 492 g/mol. The number of rotatable bonds is 7. The molecule has 1 N–H and O–H groups in total. The molecule has 2 fully saturated rings. The van der Waals surface area contributed by atoms with E-state index in [4.69, 9.17) is 0 Å². The zero-order valence-corrected chi connectivity index (χ0v) is 19.2. The largest absolute Gasteiger partial charge is 0.573 e. The second kappa shape index (κ2) is 10.9. The number of hydrogen-bond donors (Lipinski definition) is 1. The van der Waals surface area contributed by atoms with Crippen LogP contribution in [0.5, 0.6) is 5.75 Å². The maximum atomic E-state index is 12.7. The second-order valence-electron chi connectivity index (χ2n) is 8.99. The molecule has 0 unspecified atom stereocenters. The molecule has 11 heteroatoms. The fraction of sp³-hybridized carbons (Fsp3) is 0.500. The number of aromatic amines is 1. The first-order chi connectivity index (χ1) is 16.8. The van der Waals surface area contributed by atoms with Crippen molar-refractivity contribution in [1.82, 2.24) is 25.2 Å². The van der Waals surface area contributed by atoms with E-state index in [1.54, 1.807) is 17.2 Å². The number of amides is 2. The SMILES string of the molecule is O=C(/C=C/c1ccc(OC(F)(F)F)cc1)N1CC[C@@H]2CN(C(=O)CCCc3cn[nH]n3)C[C@@H]2CC1. The number of fused-ring (bicyclic) bond motifs is 1. The summed E-state index contributed by atoms with van der Waals surface area (Å²) in [5.74, 6) is 0.517. The normalized spacial score (nSPS) is 20.7. The van der Waals surface area contributed by atoms with Crippen molar-refractivity contribution in [3.05, 3.63) is 47.8 Å². The molecule has 1 aromatic carbocycles. The molecule has 4 rings (SSSR count). The van der Waals surface area contributed by atoms with E-state index in [2.05, 4.69) is 20.1 Å². The zero-order chi connectivity index (χ0) is 24.8. The number of aromatic nitrogens is 3. The molecule has 0 bridgehead atoms. The van der Waals surface area contributed by atoms with E-state index in [1.807, 2.05) is 4.90 Å². The number of carbonyl (C=O) groups is 2. The van der Waals surface area contributed by atoms with Crippen LogP contribution in [-0.4, -0.2) is 69.6 Å². The van der Waals surface area contributed by atoms with E-state index in [0.717, 1.165) is 44.5 Å². The molecule has 2 atom stereocenters. The van der Waals surface area contributed by atoms with Gasteiger partial charge in [-0.05, 0) is 61.3 Å². The van der Waals surface area contributed by atoms with Crippen LogP contribution in [0.1, 0.15) is 36.9 Å². The molecule has 3 heterocycles. The number of carbonyl (C=O) groups excluding carboxylic acids is 2. The molecular formula is C24H28F3N5O3. The minimum Gasteiger partial charge on any atom is -0.406 e. The lowest BCUT2D eigenvalue weighted by Crippen LogP contribution is -2.33. The first-order valence-corrected chi connectivity index (χ1v) is 11.7. The Morgan fingerprint density at radius 2 is 1.77 bits per heavy atom. The summed E-state index contributed by atoms with van der Waals surface area (Å²) in [4.78, 5) is 29.1. The minimum absolute atomic E-state index is 0.124. The topological polar surface area (TPSA) is 91.4 Å². The highest BCUT2D eigenvalue weighted by molar-refractivity contribution is 5.91. The molecule has 0 saturated carbocycles. The van der Waals surface area contributed by atoms with Crippen LogP contribution in [0.3, 0.4) is 0 Å². The van der Waals surface area contributed by atoms with E-state index < -0.39 is 6.36 Å². The number of aryl methyl sites for hydroxylation is 1. The Kier molecular flexibility index (Phi) is 7.72. The maximum absolute atomic E-state index is 12.7. The summed E-state index contributed by atoms with van der Waals surface area (Å²) in [5, 5.41) is 10.4. The lowest BCUT2D eigenvalue weighted by molar-refractivity contribution is -0.274. The molecule has 0 aliphatic carbocycles. The van der Waals surface area contributed by atoms with Gasteiger partial charge in [0.2, 0.25) is 11.8 Å². The van der Waals surface area contributed by atoms with Crippen molar-refractivity contribution in [2.45, 2.75) is 38.5 Å². The number of halogens is 3. The summed E-state index contributed by atoms with van der Waals surface area (Å²) >= 11 is 0. The number of benzene rings is 1. The number of nitrogens with one attached hydrogen (secondary N) is 1. The molecule has 35 heavy (non-hydrogen) atoms. The van der Waals surface area contributed by atoms with Crippen molar-refractivity contribution < 1.29 is 27.5 Å². The summed E-state index contributed by atoms with van der Waals surface area (Å²) in [7, 11) is 0. The molecule has 8 nitrogen and oxygen atoms in total. The Balaban J connectivity index is 1.22. The highest BCUT2D eigenvalue weighted by atomic mass is 19.4. The summed E-state index contributed by atoms with van der Waals surface area (Å²) in [6, 6.07) is 5.36. The summed E-state index contributed by atoms with van der Waals surface area (Å²) in [6.45, 7) is 2.71. The van der Waals surface area contributed by atoms with Crippen molar-refractivity contribution in [2.24, 2.45) is 11.8 Å². The van der Waals surface area contributed by atoms with Gasteiger partial charge in [0.25, 0.3) is 0 Å². The number of likely N-dealkylation sites (tertiary alicyclic amines) is 2. The van der Waals surface area contributed by atoms with Gasteiger partial charge in [0.15, 0.2) is 0 Å². The van der Waals surface area contributed by atoms with Gasteiger partial charge >= 0.3 is 6.36 Å². The standard InChI is InChI=1S/C24H28F3N5O3/c25-24(26,27)35-21-7-4-17(5-8-21)6-9-23(34)31-12-10-18-15-32(16-19(18)11-13-31)22(33)3-1-2-20-14-28-30-29-20/h4-9,14,18-19H,1-3,10-13,15-16H2,(H,28,29,30)/b9-6+/t18-,19+. The van der Waals surface area contributed by atoms with Crippen molar-refractivity contribution in [3.63, 3.8) is 0 Å². The highest BCUT2D eigenvalue weighted by Gasteiger charge is 2.37. The smallest absolute Gasteiger partial charge is 0.406 e. The third-order valence-electron chi connectivity index (χ3n) is 6.60. The van der Waals surface area contributed by atoms with Gasteiger partial charge in [-0.1, -0.05) is 12.1 Å². The van der Waals surface area contributed by atoms with Crippen LogP contribution >= 0.6 is 0 Å². The molecule has 2 aliphatic rings. The molecule has 188 valence electrons. The third kappa shape index (κ3) is 7.06. The first-order valence-electron chi connectivity index (χ1n) is 11.7. The van der Waals surface area contributed by atoms with Crippen molar-refractivity contribution >= 4 is 17.9 Å². The fourth-order valence-electron chi connectivity index (χ4n) is 4.75. The van der Waals surface area contributed by atoms with Gasteiger partial charge in [0.05, 0.1) is 11.9 Å². The average Bonchev–Trinajstić information content (AvgIpc) is 3.43. The van der Waals surface area contributed by atoms with E-state index in [1.165, 1.54) is 30.3 Å². The summed E-state index contributed by atoms with van der Waals surface area (Å²) < 4.78 is 40.7. The fourth-order valence-corrected chi connectivity index (χ4v) is 4.75. The van der Waals surface area contributed by atoms with E-state index in [0.29, 0.717) is 36.9 Å². The molecule has 0 radical (unpaired) electrons. The number of ether oxygens (including phenoxy) is 1. The van der Waals surface area contributed by atoms with E-state index in [9.17, 15) is 22.8 Å². The van der Waals surface area contributed by atoms with Crippen LogP contribution in [0, 0.1) is 11.8 Å². The summed E-state index contributed by atoms with van der Waals surface area (Å²) in [6.07, 6.45) is 3.61. The van der Waals surface area contributed by atoms with Crippen molar-refractivity contribution in [2.75, 3.05) is 26.2 Å². The molecule has 2 amide bonds. The number of H-pyrrole nitrogens is 1. The first kappa shape index (κ1) is 24.7. The van der Waals surface area contributed by atoms with Gasteiger partial charge < -0.3 is 14.5 Å². The van der Waals surface area contributed by atoms with Gasteiger partial charge in [0, 0.05) is 38.7 Å². The van der Waals surface area contributed by atoms with Crippen LogP contribution in [0.2, 0.25) is 0 Å². The maximum Gasteiger partial charge on any atom is 0.573 e. The Hall–Kier alpha value is -3.37. The quantitative estimate of drug-likeness (QED) is 0.600. The molecule has 1 aromatic heterocycles. The second-order valence-corrected chi connectivity index (χ2v) is 8.99. The Morgan fingerprint density at radius 3 is 2.37 bits per heavy atom. The van der Waals surface area contributed by atoms with Crippen LogP contribution in [0.25, 0.3) is 6.08 Å². The molecule has 2 aromatic rings. The molecular weight excluding hydrogens is 463 g/mol. The predicted octanol–water partition coefficient (Wildman–Crippen LogP) is 3.44. The van der Waals surface area contributed by atoms with Crippen LogP contribution in [0.4, 0.5) is 13.2 Å². The Bertz CT molecular complexity index is 1010. The van der Waals surface area contributed by atoms with Crippen molar-refractivity contribution in [3.8, 4) is 5.75 Å². The van der Waals surface area contributed by atoms with Gasteiger partial charge in [-0.15, -0.1) is 13.2 Å². The van der Waals surface area contributed by atoms with Crippen LogP contribution < -0.4 is 4.74 Å². The molecule has 2 aliphatic heterocycles. The van der Waals surface area contributed by atoms with Crippen molar-refractivity contribution in [1.29, 1.82) is 0 Å². The minimum atomic E-state index is -4.74. The Morgan fingerprint density at radius 1 is 1.09 bits per heavy atom. The zero-order valence-electron chi connectivity index (χ0n) is 19.2. The highest BCUT2D eigenvalue weighted by Crippen LogP contribution is 2.32. The Labute approximate surface area is 201 Å². The molecule has 0 spiro atoms. The van der Waals surface area contributed by atoms with Crippen LogP contribution in [0.15, 0.2) is 36.5 Å². The number of hydrogen-bond acceptors (Lipinski definition) is 5. The van der Waals surface area contributed by atoms with E-state index >= 15 is 0 Å². The van der Waals surface area contributed by atoms with Gasteiger partial charge in [-0.3, -0.25) is 9.59 Å². The molecule has 2 saturated heterocycles. The third-order valence-corrected chi connectivity index (χ3v) is 6.60. The number of alkyl halides is 3. The summed E-state index contributed by atoms with van der Waals surface area (Å²) in [5.41, 5.74) is 1.47. The van der Waals surface area contributed by atoms with E-state index in [-0.39, 0.29) is 17.6 Å². The monoisotopic (exact) mass is 491 g/mol. The predicted molar refractivity (Wildman–Crippen MR) is 121 cm³/mol.